The summed E-state index contributed by atoms with van der Waals surface area (Å²) in [5, 5.41) is 10.6. The van der Waals surface area contributed by atoms with Crippen molar-refractivity contribution in [1.82, 2.24) is 0 Å². The Bertz CT molecular complexity index is 1740. The van der Waals surface area contributed by atoms with E-state index in [2.05, 4.69) is 48.5 Å². The van der Waals surface area contributed by atoms with Crippen LogP contribution in [0.2, 0.25) is 0 Å². The number of rotatable bonds is 67. The van der Waals surface area contributed by atoms with Crippen molar-refractivity contribution in [3.05, 3.63) is 0 Å². The van der Waals surface area contributed by atoms with Gasteiger partial charge >= 0.3 is 39.5 Å². The lowest BCUT2D eigenvalue weighted by molar-refractivity contribution is -0.161. The summed E-state index contributed by atoms with van der Waals surface area (Å²) in [6.45, 7) is 11.8. The van der Waals surface area contributed by atoms with Crippen molar-refractivity contribution >= 4 is 39.5 Å². The number of esters is 4. The van der Waals surface area contributed by atoms with E-state index >= 15 is 0 Å². The normalized spacial score (nSPS) is 14.9. The average molecular weight is 1300 g/mol. The maximum atomic E-state index is 13.0. The first kappa shape index (κ1) is 86.1. The third kappa shape index (κ3) is 60.3. The van der Waals surface area contributed by atoms with Crippen LogP contribution in [0.3, 0.4) is 0 Å². The van der Waals surface area contributed by atoms with Gasteiger partial charge in [0.25, 0.3) is 0 Å². The van der Waals surface area contributed by atoms with Crippen molar-refractivity contribution in [1.29, 1.82) is 0 Å². The van der Waals surface area contributed by atoms with Gasteiger partial charge in [-0.05, 0) is 43.4 Å². The fourth-order valence-electron chi connectivity index (χ4n) is 10.3. The van der Waals surface area contributed by atoms with Crippen molar-refractivity contribution in [3.63, 3.8) is 0 Å². The van der Waals surface area contributed by atoms with E-state index in [1.54, 1.807) is 0 Å². The topological polar surface area (TPSA) is 237 Å². The van der Waals surface area contributed by atoms with E-state index in [4.69, 9.17) is 37.0 Å². The van der Waals surface area contributed by atoms with Crippen molar-refractivity contribution in [3.8, 4) is 0 Å². The number of hydrogen-bond donors (Lipinski definition) is 3. The third-order valence-corrected chi connectivity index (χ3v) is 18.5. The molecule has 4 unspecified atom stereocenters. The largest absolute Gasteiger partial charge is 0.472 e. The molecule has 0 aromatic heterocycles. The molecular formula is C69H134O17P2. The van der Waals surface area contributed by atoms with Gasteiger partial charge in [0.05, 0.1) is 26.4 Å². The summed E-state index contributed by atoms with van der Waals surface area (Å²) in [6.07, 6.45) is 42.9. The molecule has 0 aliphatic heterocycles. The number of carbonyl (C=O) groups excluding carboxylic acids is 4. The Hall–Kier alpha value is -1.94. The summed E-state index contributed by atoms with van der Waals surface area (Å²) in [6, 6.07) is 0. The molecular weight excluding hydrogens is 1160 g/mol. The van der Waals surface area contributed by atoms with Crippen molar-refractivity contribution in [2.75, 3.05) is 39.6 Å². The monoisotopic (exact) mass is 1300 g/mol. The second kappa shape index (κ2) is 60.0. The number of ether oxygens (including phenoxy) is 4. The molecule has 0 rings (SSSR count). The van der Waals surface area contributed by atoms with Crippen LogP contribution < -0.4 is 0 Å². The highest BCUT2D eigenvalue weighted by atomic mass is 31.2. The van der Waals surface area contributed by atoms with Gasteiger partial charge in [-0.25, -0.2) is 9.13 Å². The van der Waals surface area contributed by atoms with E-state index in [0.29, 0.717) is 25.7 Å². The molecule has 0 aliphatic rings. The van der Waals surface area contributed by atoms with Crippen LogP contribution in [0.1, 0.15) is 344 Å². The van der Waals surface area contributed by atoms with Crippen molar-refractivity contribution in [2.45, 2.75) is 362 Å². The predicted molar refractivity (Wildman–Crippen MR) is 354 cm³/mol. The first-order chi connectivity index (χ1) is 42.3. The van der Waals surface area contributed by atoms with Gasteiger partial charge in [0.2, 0.25) is 0 Å². The first-order valence-electron chi connectivity index (χ1n) is 35.9. The van der Waals surface area contributed by atoms with E-state index < -0.39 is 97.5 Å². The number of aliphatic hydroxyl groups excluding tert-OH is 1. The van der Waals surface area contributed by atoms with Crippen LogP contribution in [0, 0.1) is 17.8 Å². The number of unbranched alkanes of at least 4 members (excludes halogenated alkanes) is 33. The van der Waals surface area contributed by atoms with Crippen LogP contribution in [0.4, 0.5) is 0 Å². The van der Waals surface area contributed by atoms with Crippen LogP contribution in [0.5, 0.6) is 0 Å². The Morgan fingerprint density at radius 3 is 0.864 bits per heavy atom. The minimum atomic E-state index is -4.95. The van der Waals surface area contributed by atoms with Gasteiger partial charge in [0.15, 0.2) is 12.2 Å². The maximum Gasteiger partial charge on any atom is 0.472 e. The molecule has 0 heterocycles. The Morgan fingerprint density at radius 1 is 0.330 bits per heavy atom. The van der Waals surface area contributed by atoms with Crippen LogP contribution in [-0.2, 0) is 65.4 Å². The Balaban J connectivity index is 5.26. The van der Waals surface area contributed by atoms with Crippen LogP contribution in [-0.4, -0.2) is 96.7 Å². The zero-order valence-corrected chi connectivity index (χ0v) is 59.0. The molecule has 0 bridgehead atoms. The lowest BCUT2D eigenvalue weighted by atomic mass is 9.99. The van der Waals surface area contributed by atoms with Gasteiger partial charge in [-0.2, -0.15) is 0 Å². The van der Waals surface area contributed by atoms with Crippen LogP contribution in [0.15, 0.2) is 0 Å². The number of carbonyl (C=O) groups is 4. The molecule has 0 spiro atoms. The zero-order chi connectivity index (χ0) is 65.2. The molecule has 88 heavy (non-hydrogen) atoms. The molecule has 19 heteroatoms. The second-order valence-electron chi connectivity index (χ2n) is 25.9. The molecule has 7 atom stereocenters. The fraction of sp³-hybridized carbons (Fsp3) is 0.942. The molecule has 0 amide bonds. The lowest BCUT2D eigenvalue weighted by Gasteiger charge is -2.21. The van der Waals surface area contributed by atoms with Gasteiger partial charge in [-0.1, -0.05) is 292 Å². The number of hydrogen-bond acceptors (Lipinski definition) is 15. The van der Waals surface area contributed by atoms with E-state index in [1.807, 2.05) is 0 Å². The lowest BCUT2D eigenvalue weighted by Crippen LogP contribution is -2.30. The predicted octanol–water partition coefficient (Wildman–Crippen LogP) is 19.5. The SMILES string of the molecule is CCCCCCCCCCCC(=O)OC[C@H](COP(=O)(O)OC[C@H](O)COP(=O)(O)OC[C@@H](COC(=O)CCCCCCCCCCC(C)CC)OC(=O)CCCCCCCCCCCCCCC(C)C)OC(=O)CCCCCCCCCCC(C)CC. The molecule has 0 fully saturated rings. The molecule has 0 saturated heterocycles. The smallest absolute Gasteiger partial charge is 0.462 e. The maximum absolute atomic E-state index is 13.0. The van der Waals surface area contributed by atoms with E-state index in [-0.39, 0.29) is 25.7 Å². The molecule has 0 aliphatic carbocycles. The molecule has 0 radical (unpaired) electrons. The molecule has 3 N–H and O–H groups in total. The molecule has 0 aromatic carbocycles. The van der Waals surface area contributed by atoms with Crippen molar-refractivity contribution in [2.24, 2.45) is 17.8 Å². The standard InChI is InChI=1S/C69H134O17P2/c1-8-11-12-13-14-19-29-36-43-50-66(71)79-56-65(86-69(74)53-46-39-32-25-23-28-35-42-49-62(7)10-3)59-84-88(77,78)82-55-63(70)54-81-87(75,76)83-58-64(57-80-67(72)51-44-37-30-24-22-27-34-41-48-61(6)9-2)85-68(73)52-45-38-31-21-18-16-15-17-20-26-33-40-47-60(4)5/h60-65,70H,8-59H2,1-7H3,(H,75,76)(H,77,78)/t61?,62?,63-,64-,65-/m1/s1. The number of aliphatic hydroxyl groups is 1. The number of phosphoric ester groups is 2. The summed E-state index contributed by atoms with van der Waals surface area (Å²) in [5.41, 5.74) is 0. The molecule has 0 saturated carbocycles. The molecule has 522 valence electrons. The summed E-state index contributed by atoms with van der Waals surface area (Å²) in [4.78, 5) is 72.5. The summed E-state index contributed by atoms with van der Waals surface area (Å²) in [5.74, 6) is 0.194. The quantitative estimate of drug-likeness (QED) is 0.0222. The molecule has 0 aromatic rings. The van der Waals surface area contributed by atoms with E-state index in [0.717, 1.165) is 108 Å². The highest BCUT2D eigenvalue weighted by Gasteiger charge is 2.30. The van der Waals surface area contributed by atoms with Gasteiger partial charge in [0, 0.05) is 25.7 Å². The van der Waals surface area contributed by atoms with Crippen LogP contribution >= 0.6 is 15.6 Å². The fourth-order valence-corrected chi connectivity index (χ4v) is 11.9. The van der Waals surface area contributed by atoms with E-state index in [1.165, 1.54) is 154 Å². The second-order valence-corrected chi connectivity index (χ2v) is 28.8. The first-order valence-corrected chi connectivity index (χ1v) is 38.9. The Morgan fingerprint density at radius 2 is 0.580 bits per heavy atom. The minimum absolute atomic E-state index is 0.105. The summed E-state index contributed by atoms with van der Waals surface area (Å²) < 4.78 is 68.2. The van der Waals surface area contributed by atoms with Gasteiger partial charge in [-0.3, -0.25) is 37.3 Å². The minimum Gasteiger partial charge on any atom is -0.462 e. The average Bonchev–Trinajstić information content (AvgIpc) is 3.62. The van der Waals surface area contributed by atoms with Gasteiger partial charge < -0.3 is 33.8 Å². The van der Waals surface area contributed by atoms with E-state index in [9.17, 15) is 43.2 Å². The Kier molecular flexibility index (Phi) is 58.7. The summed E-state index contributed by atoms with van der Waals surface area (Å²) >= 11 is 0. The van der Waals surface area contributed by atoms with Gasteiger partial charge in [0.1, 0.15) is 19.3 Å². The van der Waals surface area contributed by atoms with Crippen LogP contribution in [0.25, 0.3) is 0 Å². The molecule has 17 nitrogen and oxygen atoms in total. The Labute approximate surface area is 537 Å². The van der Waals surface area contributed by atoms with Gasteiger partial charge in [-0.15, -0.1) is 0 Å². The third-order valence-electron chi connectivity index (χ3n) is 16.6. The van der Waals surface area contributed by atoms with Crippen molar-refractivity contribution < 1.29 is 80.2 Å². The zero-order valence-electron chi connectivity index (χ0n) is 57.2. The number of phosphoric acid groups is 2. The highest BCUT2D eigenvalue weighted by Crippen LogP contribution is 2.45. The summed E-state index contributed by atoms with van der Waals surface area (Å²) in [7, 11) is -9.90. The highest BCUT2D eigenvalue weighted by molar-refractivity contribution is 7.47.